The van der Waals surface area contributed by atoms with Gasteiger partial charge in [-0.15, -0.1) is 0 Å². The van der Waals surface area contributed by atoms with Crippen LogP contribution in [0.5, 0.6) is 0 Å². The third kappa shape index (κ3) is 4.62. The van der Waals surface area contributed by atoms with Crippen molar-refractivity contribution in [2.24, 2.45) is 0 Å². The predicted octanol–water partition coefficient (Wildman–Crippen LogP) is 10.5. The van der Waals surface area contributed by atoms with E-state index in [4.69, 9.17) is 4.42 Å². The molecule has 0 spiro atoms. The summed E-state index contributed by atoms with van der Waals surface area (Å²) in [6.45, 7) is 1.30. The Morgan fingerprint density at radius 2 is 1.07 bits per heavy atom. The summed E-state index contributed by atoms with van der Waals surface area (Å²) in [4.78, 5) is 0. The topological polar surface area (TPSA) is 94.6 Å². The standard InChI is InChI=1S/C48H32N6O/c49-25-29-21-22-32(30(23-29)26-50)48-51-27-31(28-52-48)38-24-43(53-39-16-6-1-11-33(39)34-12-2-7-17-40(34)53)46(45-37-15-5-10-20-44(37)55-47(38)45)54-41-18-8-3-13-35(41)36-14-4-9-19-42(36)54/h1-24,31,48,51-52H,27-28H2. The summed E-state index contributed by atoms with van der Waals surface area (Å²) in [5.74, 6) is 0.0299. The van der Waals surface area contributed by atoms with Gasteiger partial charge in [-0.1, -0.05) is 97.1 Å². The lowest BCUT2D eigenvalue weighted by atomic mass is 9.91. The van der Waals surface area contributed by atoms with E-state index in [1.54, 1.807) is 12.1 Å². The lowest BCUT2D eigenvalue weighted by Gasteiger charge is -2.33. The molecule has 0 amide bonds. The quantitative estimate of drug-likeness (QED) is 0.190. The van der Waals surface area contributed by atoms with Gasteiger partial charge in [0.15, 0.2) is 0 Å². The van der Waals surface area contributed by atoms with Crippen LogP contribution in [-0.4, -0.2) is 22.2 Å². The second-order valence-corrected chi connectivity index (χ2v) is 14.3. The van der Waals surface area contributed by atoms with E-state index in [9.17, 15) is 10.5 Å². The van der Waals surface area contributed by atoms with Crippen molar-refractivity contribution in [2.45, 2.75) is 12.1 Å². The number of fused-ring (bicyclic) bond motifs is 9. The number of nitriles is 2. The Morgan fingerprint density at radius 1 is 0.545 bits per heavy atom. The van der Waals surface area contributed by atoms with Gasteiger partial charge in [0.2, 0.25) is 0 Å². The van der Waals surface area contributed by atoms with E-state index in [1.807, 2.05) is 12.1 Å². The molecule has 11 rings (SSSR count). The van der Waals surface area contributed by atoms with Crippen LogP contribution < -0.4 is 10.6 Å². The van der Waals surface area contributed by atoms with E-state index in [1.165, 1.54) is 21.5 Å². The molecular formula is C48H32N6O. The zero-order valence-electron chi connectivity index (χ0n) is 29.6. The number of para-hydroxylation sites is 5. The minimum Gasteiger partial charge on any atom is -0.456 e. The summed E-state index contributed by atoms with van der Waals surface area (Å²) in [6.07, 6.45) is -0.238. The number of hydrogen-bond donors (Lipinski definition) is 2. The molecule has 1 aliphatic heterocycles. The molecule has 1 aliphatic rings. The molecule has 1 fully saturated rings. The normalized spacial score (nSPS) is 16.0. The SMILES string of the molecule is N#Cc1ccc(C2NCC(c3cc(-n4c5ccccc5c5ccccc54)c(-n4c5ccccc5c5ccccc54)c4c3oc3ccccc34)CN2)c(C#N)c1. The second kappa shape index (κ2) is 12.2. The largest absolute Gasteiger partial charge is 0.456 e. The van der Waals surface area contributed by atoms with Crippen LogP contribution in [0.3, 0.4) is 0 Å². The third-order valence-corrected chi connectivity index (χ3v) is 11.4. The first-order chi connectivity index (χ1) is 27.2. The maximum atomic E-state index is 9.96. The molecule has 0 bridgehead atoms. The number of hydrogen-bond acceptors (Lipinski definition) is 5. The zero-order valence-corrected chi connectivity index (χ0v) is 29.6. The van der Waals surface area contributed by atoms with E-state index in [-0.39, 0.29) is 12.1 Å². The molecule has 7 heteroatoms. The van der Waals surface area contributed by atoms with Crippen LogP contribution in [-0.2, 0) is 0 Å². The van der Waals surface area contributed by atoms with Gasteiger partial charge < -0.3 is 13.6 Å². The predicted molar refractivity (Wildman–Crippen MR) is 220 cm³/mol. The highest BCUT2D eigenvalue weighted by atomic mass is 16.3. The van der Waals surface area contributed by atoms with E-state index in [2.05, 4.69) is 153 Å². The van der Waals surface area contributed by atoms with Crippen LogP contribution in [0.2, 0.25) is 0 Å². The Morgan fingerprint density at radius 3 is 1.64 bits per heavy atom. The van der Waals surface area contributed by atoms with Crippen LogP contribution in [0.15, 0.2) is 150 Å². The van der Waals surface area contributed by atoms with E-state index >= 15 is 0 Å². The first-order valence-corrected chi connectivity index (χ1v) is 18.6. The summed E-state index contributed by atoms with van der Waals surface area (Å²) in [5.41, 5.74) is 11.3. The summed E-state index contributed by atoms with van der Waals surface area (Å²) >= 11 is 0. The van der Waals surface area contributed by atoms with Gasteiger partial charge in [0.05, 0.1) is 68.3 Å². The minimum atomic E-state index is -0.238. The molecule has 4 heterocycles. The molecule has 0 atom stereocenters. The first kappa shape index (κ1) is 31.4. The Labute approximate surface area is 315 Å². The van der Waals surface area contributed by atoms with Crippen molar-refractivity contribution in [1.82, 2.24) is 19.8 Å². The van der Waals surface area contributed by atoms with Gasteiger partial charge in [-0.3, -0.25) is 10.6 Å². The molecule has 3 aromatic heterocycles. The van der Waals surface area contributed by atoms with Gasteiger partial charge in [0, 0.05) is 57.1 Å². The average Bonchev–Trinajstić information content (AvgIpc) is 3.91. The van der Waals surface area contributed by atoms with Gasteiger partial charge >= 0.3 is 0 Å². The van der Waals surface area contributed by atoms with E-state index < -0.39 is 0 Å². The highest BCUT2D eigenvalue weighted by molar-refractivity contribution is 6.17. The van der Waals surface area contributed by atoms with Gasteiger partial charge in [-0.05, 0) is 48.5 Å². The van der Waals surface area contributed by atoms with Gasteiger partial charge in [-0.2, -0.15) is 10.5 Å². The summed E-state index contributed by atoms with van der Waals surface area (Å²) < 4.78 is 11.9. The zero-order chi connectivity index (χ0) is 36.6. The number of furan rings is 1. The molecule has 55 heavy (non-hydrogen) atoms. The average molecular weight is 709 g/mol. The van der Waals surface area contributed by atoms with Crippen LogP contribution in [0.25, 0.3) is 76.9 Å². The minimum absolute atomic E-state index is 0.0299. The molecule has 0 radical (unpaired) electrons. The Hall–Kier alpha value is -7.16. The summed E-state index contributed by atoms with van der Waals surface area (Å²) in [5, 5.41) is 33.7. The number of nitrogens with one attached hydrogen (secondary N) is 2. The van der Waals surface area contributed by atoms with Gasteiger partial charge in [-0.25, -0.2) is 0 Å². The first-order valence-electron chi connectivity index (χ1n) is 18.6. The molecule has 2 N–H and O–H groups in total. The Bertz CT molecular complexity index is 3160. The van der Waals surface area contributed by atoms with Crippen LogP contribution in [0, 0.1) is 22.7 Å². The maximum Gasteiger partial charge on any atom is 0.141 e. The molecule has 0 unspecified atom stereocenters. The molecular weight excluding hydrogens is 677 g/mol. The van der Waals surface area contributed by atoms with Gasteiger partial charge in [0.1, 0.15) is 11.2 Å². The van der Waals surface area contributed by atoms with Crippen LogP contribution in [0.1, 0.15) is 34.3 Å². The Kier molecular flexibility index (Phi) is 6.96. The van der Waals surface area contributed by atoms with Crippen molar-refractivity contribution in [2.75, 3.05) is 13.1 Å². The van der Waals surface area contributed by atoms with Gasteiger partial charge in [0.25, 0.3) is 0 Å². The molecule has 7 nitrogen and oxygen atoms in total. The fraction of sp³-hybridized carbons (Fsp3) is 0.0833. The monoisotopic (exact) mass is 708 g/mol. The molecule has 0 saturated carbocycles. The van der Waals surface area contributed by atoms with Crippen molar-refractivity contribution in [3.63, 3.8) is 0 Å². The molecule has 0 aliphatic carbocycles. The number of aromatic nitrogens is 2. The number of benzene rings is 7. The highest BCUT2D eigenvalue weighted by Gasteiger charge is 2.31. The summed E-state index contributed by atoms with van der Waals surface area (Å²) in [7, 11) is 0. The molecule has 7 aromatic carbocycles. The molecule has 260 valence electrons. The van der Waals surface area contributed by atoms with Crippen molar-refractivity contribution < 1.29 is 4.42 Å². The van der Waals surface area contributed by atoms with Crippen molar-refractivity contribution in [3.05, 3.63) is 168 Å². The van der Waals surface area contributed by atoms with Crippen molar-refractivity contribution >= 4 is 65.6 Å². The lowest BCUT2D eigenvalue weighted by Crippen LogP contribution is -2.46. The fourth-order valence-corrected chi connectivity index (χ4v) is 9.02. The van der Waals surface area contributed by atoms with Crippen molar-refractivity contribution in [1.29, 1.82) is 10.5 Å². The molecule has 1 saturated heterocycles. The van der Waals surface area contributed by atoms with Crippen LogP contribution >= 0.6 is 0 Å². The maximum absolute atomic E-state index is 9.96. The number of rotatable bonds is 4. The number of nitrogens with zero attached hydrogens (tertiary/aromatic N) is 4. The van der Waals surface area contributed by atoms with Crippen molar-refractivity contribution in [3.8, 4) is 23.5 Å². The summed E-state index contributed by atoms with van der Waals surface area (Å²) in [6, 6.07) is 55.2. The highest BCUT2D eigenvalue weighted by Crippen LogP contribution is 2.46. The van der Waals surface area contributed by atoms with E-state index in [0.29, 0.717) is 24.2 Å². The fourth-order valence-electron chi connectivity index (χ4n) is 9.02. The smallest absolute Gasteiger partial charge is 0.141 e. The van der Waals surface area contributed by atoms with Crippen LogP contribution in [0.4, 0.5) is 0 Å². The third-order valence-electron chi connectivity index (χ3n) is 11.4. The molecule has 10 aromatic rings. The second-order valence-electron chi connectivity index (χ2n) is 14.3. The Balaban J connectivity index is 1.22. The lowest BCUT2D eigenvalue weighted by molar-refractivity contribution is 0.348. The van der Waals surface area contributed by atoms with E-state index in [0.717, 1.165) is 66.5 Å².